The van der Waals surface area contributed by atoms with E-state index < -0.39 is 0 Å². The molecule has 1 aliphatic heterocycles. The largest absolute Gasteiger partial charge is 0.326 e. The minimum absolute atomic E-state index is 0.0829. The number of likely N-dealkylation sites (tertiary alicyclic amines) is 1. The molecule has 3 nitrogen and oxygen atoms in total. The number of nitrogens with one attached hydrogen (secondary N) is 1. The summed E-state index contributed by atoms with van der Waals surface area (Å²) in [5.74, 6) is 0.227. The molecular weight excluding hydrogens is 284 g/mol. The van der Waals surface area contributed by atoms with Gasteiger partial charge in [0.2, 0.25) is 5.91 Å². The van der Waals surface area contributed by atoms with E-state index in [0.29, 0.717) is 0 Å². The molecule has 0 bridgehead atoms. The number of hydrogen-bond donors (Lipinski definition) is 1. The lowest BCUT2D eigenvalue weighted by molar-refractivity contribution is -0.119. The van der Waals surface area contributed by atoms with E-state index in [4.69, 9.17) is 0 Å². The monoisotopic (exact) mass is 308 g/mol. The van der Waals surface area contributed by atoms with Crippen LogP contribution in [-0.2, 0) is 11.3 Å². The van der Waals surface area contributed by atoms with Crippen LogP contribution in [0, 0.1) is 19.8 Å². The molecule has 3 heteroatoms. The van der Waals surface area contributed by atoms with Crippen LogP contribution in [0.15, 0.2) is 48.5 Å². The first-order valence-electron chi connectivity index (χ1n) is 8.25. The summed E-state index contributed by atoms with van der Waals surface area (Å²) in [5, 5.41) is 3.08. The Labute approximate surface area is 138 Å². The lowest BCUT2D eigenvalue weighted by Crippen LogP contribution is -2.27. The summed E-state index contributed by atoms with van der Waals surface area (Å²) in [6, 6.07) is 16.6. The summed E-state index contributed by atoms with van der Waals surface area (Å²) in [6.45, 7) is 6.86. The van der Waals surface area contributed by atoms with Crippen molar-refractivity contribution in [3.05, 3.63) is 65.2 Å². The SMILES string of the molecule is Cc1cc(C)cc(NC(=O)C2CCN(Cc3ccccc3)C2)c1. The standard InChI is InChI=1S/C20H24N2O/c1-15-10-16(2)12-19(11-15)21-20(23)18-8-9-22(14-18)13-17-6-4-3-5-7-17/h3-7,10-12,18H,8-9,13-14H2,1-2H3,(H,21,23). The van der Waals surface area contributed by atoms with Crippen molar-refractivity contribution in [1.29, 1.82) is 0 Å². The molecule has 1 fully saturated rings. The molecule has 1 unspecified atom stereocenters. The second-order valence-corrected chi connectivity index (χ2v) is 6.57. The highest BCUT2D eigenvalue weighted by molar-refractivity contribution is 5.93. The molecule has 2 aromatic rings. The second kappa shape index (κ2) is 6.97. The van der Waals surface area contributed by atoms with Crippen LogP contribution in [-0.4, -0.2) is 23.9 Å². The number of nitrogens with zero attached hydrogens (tertiary/aromatic N) is 1. The van der Waals surface area contributed by atoms with Crippen molar-refractivity contribution >= 4 is 11.6 Å². The van der Waals surface area contributed by atoms with Crippen molar-refractivity contribution in [3.8, 4) is 0 Å². The average molecular weight is 308 g/mol. The number of rotatable bonds is 4. The summed E-state index contributed by atoms with van der Waals surface area (Å²) in [7, 11) is 0. The van der Waals surface area contributed by atoms with Gasteiger partial charge in [0, 0.05) is 18.8 Å². The van der Waals surface area contributed by atoms with Crippen LogP contribution in [0.3, 0.4) is 0 Å². The third kappa shape index (κ3) is 4.20. The molecule has 1 atom stereocenters. The number of carbonyl (C=O) groups is 1. The van der Waals surface area contributed by atoms with E-state index in [1.165, 1.54) is 16.7 Å². The predicted molar refractivity (Wildman–Crippen MR) is 94.4 cm³/mol. The number of benzene rings is 2. The van der Waals surface area contributed by atoms with Gasteiger partial charge in [-0.15, -0.1) is 0 Å². The number of amides is 1. The van der Waals surface area contributed by atoms with Gasteiger partial charge in [0.1, 0.15) is 0 Å². The van der Waals surface area contributed by atoms with Gasteiger partial charge in [-0.2, -0.15) is 0 Å². The highest BCUT2D eigenvalue weighted by atomic mass is 16.1. The van der Waals surface area contributed by atoms with Crippen LogP contribution in [0.5, 0.6) is 0 Å². The molecule has 1 saturated heterocycles. The Morgan fingerprint density at radius 1 is 1.13 bits per heavy atom. The minimum atomic E-state index is 0.0829. The van der Waals surface area contributed by atoms with Crippen LogP contribution in [0.4, 0.5) is 5.69 Å². The van der Waals surface area contributed by atoms with Gasteiger partial charge in [-0.1, -0.05) is 36.4 Å². The highest BCUT2D eigenvalue weighted by Gasteiger charge is 2.28. The maximum Gasteiger partial charge on any atom is 0.228 e. The summed E-state index contributed by atoms with van der Waals surface area (Å²) in [4.78, 5) is 14.9. The summed E-state index contributed by atoms with van der Waals surface area (Å²) < 4.78 is 0. The molecule has 1 amide bonds. The molecule has 120 valence electrons. The summed E-state index contributed by atoms with van der Waals surface area (Å²) in [6.07, 6.45) is 0.934. The van der Waals surface area contributed by atoms with Gasteiger partial charge in [0.25, 0.3) is 0 Å². The Kier molecular flexibility index (Phi) is 4.77. The fourth-order valence-electron chi connectivity index (χ4n) is 3.32. The van der Waals surface area contributed by atoms with Gasteiger partial charge in [-0.05, 0) is 55.6 Å². The predicted octanol–water partition coefficient (Wildman–Crippen LogP) is 3.76. The van der Waals surface area contributed by atoms with Crippen LogP contribution in [0.25, 0.3) is 0 Å². The molecule has 1 heterocycles. The lowest BCUT2D eigenvalue weighted by atomic mass is 10.1. The zero-order chi connectivity index (χ0) is 16.2. The first-order valence-corrected chi connectivity index (χ1v) is 8.25. The maximum atomic E-state index is 12.5. The van der Waals surface area contributed by atoms with Gasteiger partial charge in [0.15, 0.2) is 0 Å². The van der Waals surface area contributed by atoms with Crippen molar-refractivity contribution in [2.24, 2.45) is 5.92 Å². The first kappa shape index (κ1) is 15.8. The van der Waals surface area contributed by atoms with E-state index >= 15 is 0 Å². The molecule has 1 N–H and O–H groups in total. The fourth-order valence-corrected chi connectivity index (χ4v) is 3.32. The van der Waals surface area contributed by atoms with E-state index in [9.17, 15) is 4.79 Å². The Bertz CT molecular complexity index is 661. The molecule has 1 aliphatic rings. The minimum Gasteiger partial charge on any atom is -0.326 e. The Hall–Kier alpha value is -2.13. The number of carbonyl (C=O) groups excluding carboxylic acids is 1. The molecule has 3 rings (SSSR count). The van der Waals surface area contributed by atoms with Gasteiger partial charge < -0.3 is 5.32 Å². The molecular formula is C20H24N2O. The van der Waals surface area contributed by atoms with E-state index in [2.05, 4.69) is 54.4 Å². The molecule has 0 radical (unpaired) electrons. The Morgan fingerprint density at radius 2 is 1.83 bits per heavy atom. The third-order valence-corrected chi connectivity index (χ3v) is 4.38. The molecule has 0 aliphatic carbocycles. The van der Waals surface area contributed by atoms with Crippen LogP contribution < -0.4 is 5.32 Å². The molecule has 0 saturated carbocycles. The normalized spacial score (nSPS) is 18.1. The topological polar surface area (TPSA) is 32.3 Å². The van der Waals surface area contributed by atoms with Crippen molar-refractivity contribution in [3.63, 3.8) is 0 Å². The van der Waals surface area contributed by atoms with E-state index in [1.54, 1.807) is 0 Å². The van der Waals surface area contributed by atoms with Gasteiger partial charge in [0.05, 0.1) is 5.92 Å². The van der Waals surface area contributed by atoms with Crippen LogP contribution in [0.2, 0.25) is 0 Å². The Balaban J connectivity index is 1.57. The molecule has 0 spiro atoms. The van der Waals surface area contributed by atoms with E-state index in [1.807, 2.05) is 18.2 Å². The van der Waals surface area contributed by atoms with Crippen molar-refractivity contribution in [1.82, 2.24) is 4.90 Å². The summed E-state index contributed by atoms with van der Waals surface area (Å²) >= 11 is 0. The zero-order valence-electron chi connectivity index (χ0n) is 13.9. The van der Waals surface area contributed by atoms with Crippen LogP contribution >= 0.6 is 0 Å². The number of hydrogen-bond acceptors (Lipinski definition) is 2. The lowest BCUT2D eigenvalue weighted by Gasteiger charge is -2.16. The average Bonchev–Trinajstić information content (AvgIpc) is 2.96. The Morgan fingerprint density at radius 3 is 2.52 bits per heavy atom. The third-order valence-electron chi connectivity index (χ3n) is 4.38. The number of anilines is 1. The van der Waals surface area contributed by atoms with Crippen molar-refractivity contribution in [2.75, 3.05) is 18.4 Å². The highest BCUT2D eigenvalue weighted by Crippen LogP contribution is 2.21. The second-order valence-electron chi connectivity index (χ2n) is 6.57. The zero-order valence-corrected chi connectivity index (χ0v) is 13.9. The molecule has 2 aromatic carbocycles. The van der Waals surface area contributed by atoms with E-state index in [0.717, 1.165) is 31.7 Å². The quantitative estimate of drug-likeness (QED) is 0.932. The smallest absolute Gasteiger partial charge is 0.228 e. The maximum absolute atomic E-state index is 12.5. The van der Waals surface area contributed by atoms with Gasteiger partial charge >= 0.3 is 0 Å². The van der Waals surface area contributed by atoms with E-state index in [-0.39, 0.29) is 11.8 Å². The fraction of sp³-hybridized carbons (Fsp3) is 0.350. The first-order chi connectivity index (χ1) is 11.1. The molecule has 0 aromatic heterocycles. The molecule has 23 heavy (non-hydrogen) atoms. The van der Waals surface area contributed by atoms with Crippen LogP contribution in [0.1, 0.15) is 23.1 Å². The van der Waals surface area contributed by atoms with Gasteiger partial charge in [-0.25, -0.2) is 0 Å². The van der Waals surface area contributed by atoms with Crippen molar-refractivity contribution < 1.29 is 4.79 Å². The van der Waals surface area contributed by atoms with Gasteiger partial charge in [-0.3, -0.25) is 9.69 Å². The van der Waals surface area contributed by atoms with Crippen molar-refractivity contribution in [2.45, 2.75) is 26.8 Å². The number of aryl methyl sites for hydroxylation is 2. The summed E-state index contributed by atoms with van der Waals surface area (Å²) in [5.41, 5.74) is 4.58.